The van der Waals surface area contributed by atoms with Gasteiger partial charge < -0.3 is 0 Å². The summed E-state index contributed by atoms with van der Waals surface area (Å²) in [6.45, 7) is 6.70. The molecule has 1 N–H and O–H groups in total. The Kier molecular flexibility index (Phi) is 1.96. The molecule has 0 radical (unpaired) electrons. The molecule has 0 spiro atoms. The molecule has 0 fully saturated rings. The molecule has 0 saturated heterocycles. The van der Waals surface area contributed by atoms with Crippen LogP contribution in [0.4, 0.5) is 0 Å². The summed E-state index contributed by atoms with van der Waals surface area (Å²) in [5, 5.41) is 11.7. The van der Waals surface area contributed by atoms with Crippen LogP contribution in [0.3, 0.4) is 0 Å². The van der Waals surface area contributed by atoms with Gasteiger partial charge in [0.25, 0.3) is 0 Å². The fraction of sp³-hybridized carbons (Fsp3) is 0.600. The quantitative estimate of drug-likeness (QED) is 0.720. The van der Waals surface area contributed by atoms with Gasteiger partial charge in [-0.25, -0.2) is 0 Å². The molecular weight excluding hydrogens is 210 g/mol. The number of hydrogen-bond donors (Lipinski definition) is 1. The molecule has 1 rings (SSSR count). The standard InChI is InChI=1S/C5H10BrN3Si/c1-10(2,3)5-4(6)7-9-8-5/h1-3H3,(H,7,8,9). The van der Waals surface area contributed by atoms with Gasteiger partial charge in [-0.15, -0.1) is 5.10 Å². The van der Waals surface area contributed by atoms with Crippen LogP contribution >= 0.6 is 15.9 Å². The number of rotatable bonds is 1. The highest BCUT2D eigenvalue weighted by Crippen LogP contribution is 2.06. The van der Waals surface area contributed by atoms with Gasteiger partial charge in [-0.05, 0) is 15.9 Å². The second kappa shape index (κ2) is 2.47. The van der Waals surface area contributed by atoms with E-state index in [4.69, 9.17) is 0 Å². The minimum atomic E-state index is -1.28. The Labute approximate surface area is 69.4 Å². The lowest BCUT2D eigenvalue weighted by Gasteiger charge is -2.10. The van der Waals surface area contributed by atoms with E-state index in [1.165, 1.54) is 0 Å². The maximum Gasteiger partial charge on any atom is 0.146 e. The van der Waals surface area contributed by atoms with E-state index >= 15 is 0 Å². The van der Waals surface area contributed by atoms with Crippen molar-refractivity contribution in [2.24, 2.45) is 0 Å². The van der Waals surface area contributed by atoms with Crippen molar-refractivity contribution in [3.05, 3.63) is 4.60 Å². The first kappa shape index (κ1) is 7.94. The van der Waals surface area contributed by atoms with E-state index in [0.717, 1.165) is 9.92 Å². The molecule has 5 heteroatoms. The van der Waals surface area contributed by atoms with Crippen molar-refractivity contribution in [1.29, 1.82) is 0 Å². The average molecular weight is 220 g/mol. The minimum Gasteiger partial charge on any atom is -0.197 e. The third-order valence-corrected chi connectivity index (χ3v) is 3.90. The number of hydrogen-bond acceptors (Lipinski definition) is 2. The van der Waals surface area contributed by atoms with Crippen molar-refractivity contribution in [3.8, 4) is 0 Å². The van der Waals surface area contributed by atoms with Gasteiger partial charge in [0.15, 0.2) is 0 Å². The predicted octanol–water partition coefficient (Wildman–Crippen LogP) is 1.11. The topological polar surface area (TPSA) is 41.6 Å². The summed E-state index contributed by atoms with van der Waals surface area (Å²) in [5.41, 5.74) is 0. The van der Waals surface area contributed by atoms with Gasteiger partial charge in [-0.2, -0.15) is 10.3 Å². The maximum absolute atomic E-state index is 4.07. The molecule has 10 heavy (non-hydrogen) atoms. The first-order valence-corrected chi connectivity index (χ1v) is 7.38. The Bertz CT molecular complexity index is 227. The van der Waals surface area contributed by atoms with E-state index in [1.807, 2.05) is 0 Å². The van der Waals surface area contributed by atoms with Gasteiger partial charge in [0.05, 0.1) is 5.32 Å². The lowest BCUT2D eigenvalue weighted by molar-refractivity contribution is 0.938. The predicted molar refractivity (Wildman–Crippen MR) is 47.1 cm³/mol. The molecule has 0 atom stereocenters. The van der Waals surface area contributed by atoms with Crippen LogP contribution in [0.2, 0.25) is 19.6 Å². The van der Waals surface area contributed by atoms with Crippen molar-refractivity contribution >= 4 is 29.3 Å². The maximum atomic E-state index is 4.07. The molecule has 1 heterocycles. The highest BCUT2D eigenvalue weighted by Gasteiger charge is 2.22. The molecular formula is C5H10BrN3Si. The molecule has 56 valence electrons. The molecule has 0 saturated carbocycles. The van der Waals surface area contributed by atoms with Crippen molar-refractivity contribution in [1.82, 2.24) is 15.4 Å². The van der Waals surface area contributed by atoms with Gasteiger partial charge in [0.1, 0.15) is 12.7 Å². The van der Waals surface area contributed by atoms with Crippen molar-refractivity contribution < 1.29 is 0 Å². The molecule has 1 aromatic heterocycles. The lowest BCUT2D eigenvalue weighted by atomic mass is 10.9. The number of nitrogens with one attached hydrogen (secondary N) is 1. The van der Waals surface area contributed by atoms with Crippen LogP contribution in [0.5, 0.6) is 0 Å². The zero-order valence-corrected chi connectivity index (χ0v) is 8.86. The molecule has 0 aliphatic heterocycles. The molecule has 0 aliphatic rings. The normalized spacial score (nSPS) is 12.0. The molecule has 0 aromatic carbocycles. The number of H-pyrrole nitrogens is 1. The Balaban J connectivity index is 3.05. The summed E-state index contributed by atoms with van der Waals surface area (Å²) in [6.07, 6.45) is 0. The van der Waals surface area contributed by atoms with Crippen LogP contribution in [0, 0.1) is 0 Å². The summed E-state index contributed by atoms with van der Waals surface area (Å²) >= 11 is 3.33. The third kappa shape index (κ3) is 1.46. The first-order chi connectivity index (χ1) is 4.52. The lowest BCUT2D eigenvalue weighted by Crippen LogP contribution is -2.39. The minimum absolute atomic E-state index is 0.867. The molecule has 0 aliphatic carbocycles. The number of nitrogens with zero attached hydrogens (tertiary/aromatic N) is 2. The van der Waals surface area contributed by atoms with E-state index in [2.05, 4.69) is 51.0 Å². The number of halogens is 1. The molecule has 0 bridgehead atoms. The monoisotopic (exact) mass is 219 g/mol. The van der Waals surface area contributed by atoms with Crippen molar-refractivity contribution in [2.45, 2.75) is 19.6 Å². The Morgan fingerprint density at radius 2 is 1.90 bits per heavy atom. The smallest absolute Gasteiger partial charge is 0.146 e. The summed E-state index contributed by atoms with van der Waals surface area (Å²) in [6, 6.07) is 0. The van der Waals surface area contributed by atoms with Gasteiger partial charge >= 0.3 is 0 Å². The van der Waals surface area contributed by atoms with Crippen LogP contribution in [0.15, 0.2) is 4.60 Å². The Hall–Kier alpha value is -0.163. The van der Waals surface area contributed by atoms with Gasteiger partial charge in [0.2, 0.25) is 0 Å². The van der Waals surface area contributed by atoms with Crippen LogP contribution < -0.4 is 5.32 Å². The second-order valence-electron chi connectivity index (χ2n) is 3.21. The first-order valence-electron chi connectivity index (χ1n) is 3.08. The molecule has 0 unspecified atom stereocenters. The third-order valence-electron chi connectivity index (χ3n) is 1.22. The van der Waals surface area contributed by atoms with Crippen molar-refractivity contribution in [3.63, 3.8) is 0 Å². The largest absolute Gasteiger partial charge is 0.197 e. The van der Waals surface area contributed by atoms with E-state index in [1.54, 1.807) is 0 Å². The van der Waals surface area contributed by atoms with E-state index in [-0.39, 0.29) is 0 Å². The van der Waals surface area contributed by atoms with E-state index in [9.17, 15) is 0 Å². The summed E-state index contributed by atoms with van der Waals surface area (Å²) in [7, 11) is -1.28. The SMILES string of the molecule is C[Si](C)(C)c1n[nH]nc1Br. The van der Waals surface area contributed by atoms with Crippen LogP contribution in [0.25, 0.3) is 0 Å². The fourth-order valence-corrected chi connectivity index (χ4v) is 3.71. The van der Waals surface area contributed by atoms with Crippen molar-refractivity contribution in [2.75, 3.05) is 0 Å². The van der Waals surface area contributed by atoms with Gasteiger partial charge in [-0.3, -0.25) is 0 Å². The molecule has 3 nitrogen and oxygen atoms in total. The van der Waals surface area contributed by atoms with Gasteiger partial charge in [-0.1, -0.05) is 19.6 Å². The fourth-order valence-electron chi connectivity index (χ4n) is 0.695. The zero-order chi connectivity index (χ0) is 7.78. The van der Waals surface area contributed by atoms with Crippen LogP contribution in [-0.4, -0.2) is 23.5 Å². The summed E-state index contributed by atoms with van der Waals surface area (Å²) in [4.78, 5) is 0. The Morgan fingerprint density at radius 3 is 2.10 bits per heavy atom. The molecule has 1 aromatic rings. The average Bonchev–Trinajstić information content (AvgIpc) is 2.11. The summed E-state index contributed by atoms with van der Waals surface area (Å²) in [5.74, 6) is 0. The van der Waals surface area contributed by atoms with Gasteiger partial charge in [0, 0.05) is 0 Å². The number of aromatic amines is 1. The Morgan fingerprint density at radius 1 is 1.30 bits per heavy atom. The zero-order valence-electron chi connectivity index (χ0n) is 6.27. The van der Waals surface area contributed by atoms with Crippen LogP contribution in [-0.2, 0) is 0 Å². The number of aromatic nitrogens is 3. The highest BCUT2D eigenvalue weighted by molar-refractivity contribution is 9.10. The van der Waals surface area contributed by atoms with E-state index < -0.39 is 8.07 Å². The van der Waals surface area contributed by atoms with E-state index in [0.29, 0.717) is 0 Å². The van der Waals surface area contributed by atoms with Crippen LogP contribution in [0.1, 0.15) is 0 Å². The second-order valence-corrected chi connectivity index (χ2v) is 8.94. The summed E-state index contributed by atoms with van der Waals surface area (Å²) < 4.78 is 0.867. The highest BCUT2D eigenvalue weighted by atomic mass is 79.9. The molecule has 0 amide bonds.